The molecule has 0 saturated carbocycles. The number of pyridine rings is 1. The van der Waals surface area contributed by atoms with Crippen molar-refractivity contribution < 1.29 is 22.7 Å². The summed E-state index contributed by atoms with van der Waals surface area (Å²) in [5.41, 5.74) is 6.70. The zero-order valence-corrected chi connectivity index (χ0v) is 17.6. The largest absolute Gasteiger partial charge is 0.457 e. The summed E-state index contributed by atoms with van der Waals surface area (Å²) in [6.45, 7) is 1.82. The van der Waals surface area contributed by atoms with Gasteiger partial charge in [-0.15, -0.1) is 0 Å². The summed E-state index contributed by atoms with van der Waals surface area (Å²) in [5, 5.41) is 4.37. The number of aromatic nitrogens is 1. The molecule has 0 aliphatic heterocycles. The highest BCUT2D eigenvalue weighted by molar-refractivity contribution is 6.00. The Kier molecular flexibility index (Phi) is 5.91. The van der Waals surface area contributed by atoms with Gasteiger partial charge in [0, 0.05) is 22.8 Å². The molecule has 8 heteroatoms. The maximum absolute atomic E-state index is 12.8. The first-order chi connectivity index (χ1) is 15.7. The highest BCUT2D eigenvalue weighted by Gasteiger charge is 2.30. The van der Waals surface area contributed by atoms with Crippen LogP contribution in [-0.4, -0.2) is 10.9 Å². The summed E-state index contributed by atoms with van der Waals surface area (Å²) in [5.74, 6) is 0.472. The van der Waals surface area contributed by atoms with Crippen LogP contribution in [0, 0.1) is 0 Å². The van der Waals surface area contributed by atoms with Crippen LogP contribution in [0.15, 0.2) is 79.0 Å². The van der Waals surface area contributed by atoms with Crippen molar-refractivity contribution in [2.75, 3.05) is 5.73 Å². The molecule has 3 aromatic carbocycles. The zero-order chi connectivity index (χ0) is 23.6. The number of alkyl halides is 3. The SMILES string of the molecule is C[C@@H](NC(=O)c1ccc2c(Oc3ccc(C(F)(F)F)cc3)cccc2c1)c1cc(N)ccn1. The van der Waals surface area contributed by atoms with E-state index in [4.69, 9.17) is 10.5 Å². The minimum Gasteiger partial charge on any atom is -0.457 e. The van der Waals surface area contributed by atoms with Crippen molar-refractivity contribution >= 4 is 22.4 Å². The van der Waals surface area contributed by atoms with E-state index in [0.29, 0.717) is 22.7 Å². The van der Waals surface area contributed by atoms with Crippen LogP contribution in [0.1, 0.15) is 34.6 Å². The van der Waals surface area contributed by atoms with E-state index >= 15 is 0 Å². The summed E-state index contributed by atoms with van der Waals surface area (Å²) < 4.78 is 44.1. The predicted molar refractivity (Wildman–Crippen MR) is 120 cm³/mol. The normalized spacial score (nSPS) is 12.4. The number of halogens is 3. The molecule has 0 aliphatic rings. The molecule has 168 valence electrons. The minimum atomic E-state index is -4.41. The second kappa shape index (κ2) is 8.82. The van der Waals surface area contributed by atoms with E-state index in [-0.39, 0.29) is 17.7 Å². The lowest BCUT2D eigenvalue weighted by molar-refractivity contribution is -0.137. The number of anilines is 1. The lowest BCUT2D eigenvalue weighted by Crippen LogP contribution is -2.27. The van der Waals surface area contributed by atoms with E-state index in [2.05, 4.69) is 10.3 Å². The molecule has 0 radical (unpaired) electrons. The van der Waals surface area contributed by atoms with Crippen LogP contribution >= 0.6 is 0 Å². The highest BCUT2D eigenvalue weighted by Crippen LogP contribution is 2.33. The van der Waals surface area contributed by atoms with E-state index < -0.39 is 11.7 Å². The van der Waals surface area contributed by atoms with E-state index in [0.717, 1.165) is 22.9 Å². The van der Waals surface area contributed by atoms with E-state index in [1.165, 1.54) is 12.1 Å². The van der Waals surface area contributed by atoms with Gasteiger partial charge in [0.15, 0.2) is 0 Å². The van der Waals surface area contributed by atoms with E-state index in [9.17, 15) is 18.0 Å². The third-order valence-electron chi connectivity index (χ3n) is 5.11. The molecule has 0 aliphatic carbocycles. The molecule has 1 atom stereocenters. The number of amides is 1. The molecule has 4 aromatic rings. The number of ether oxygens (including phenoxy) is 1. The fourth-order valence-corrected chi connectivity index (χ4v) is 3.38. The molecule has 4 rings (SSSR count). The number of carbonyl (C=O) groups excluding carboxylic acids is 1. The van der Waals surface area contributed by atoms with Gasteiger partial charge in [-0.25, -0.2) is 0 Å². The number of carbonyl (C=O) groups is 1. The molecule has 1 amide bonds. The van der Waals surface area contributed by atoms with Gasteiger partial charge >= 0.3 is 6.18 Å². The molecule has 0 fully saturated rings. The van der Waals surface area contributed by atoms with Crippen molar-refractivity contribution in [2.24, 2.45) is 0 Å². The molecular weight excluding hydrogens is 431 g/mol. The molecular formula is C25H20F3N3O2. The third kappa shape index (κ3) is 5.06. The Balaban J connectivity index is 1.53. The average Bonchev–Trinajstić information content (AvgIpc) is 2.78. The van der Waals surface area contributed by atoms with Gasteiger partial charge in [0.2, 0.25) is 0 Å². The monoisotopic (exact) mass is 451 g/mol. The summed E-state index contributed by atoms with van der Waals surface area (Å²) in [4.78, 5) is 17.0. The Morgan fingerprint density at radius 2 is 1.79 bits per heavy atom. The van der Waals surface area contributed by atoms with Gasteiger partial charge in [-0.3, -0.25) is 9.78 Å². The zero-order valence-electron chi connectivity index (χ0n) is 17.6. The van der Waals surface area contributed by atoms with Crippen molar-refractivity contribution in [3.63, 3.8) is 0 Å². The number of rotatable bonds is 5. The Labute approximate surface area is 188 Å². The van der Waals surface area contributed by atoms with Gasteiger partial charge in [-0.1, -0.05) is 12.1 Å². The van der Waals surface area contributed by atoms with Gasteiger partial charge < -0.3 is 15.8 Å². The molecule has 1 aromatic heterocycles. The number of nitrogens with one attached hydrogen (secondary N) is 1. The number of hydrogen-bond donors (Lipinski definition) is 2. The Morgan fingerprint density at radius 3 is 2.48 bits per heavy atom. The second-order valence-electron chi connectivity index (χ2n) is 7.53. The van der Waals surface area contributed by atoms with E-state index in [1.807, 2.05) is 13.0 Å². The van der Waals surface area contributed by atoms with Crippen LogP contribution in [0.2, 0.25) is 0 Å². The van der Waals surface area contributed by atoms with Crippen molar-refractivity contribution in [2.45, 2.75) is 19.1 Å². The maximum atomic E-state index is 12.8. The molecule has 33 heavy (non-hydrogen) atoms. The lowest BCUT2D eigenvalue weighted by Gasteiger charge is -2.15. The number of benzene rings is 3. The van der Waals surface area contributed by atoms with Crippen molar-refractivity contribution in [1.29, 1.82) is 0 Å². The van der Waals surface area contributed by atoms with Gasteiger partial charge in [0.05, 0.1) is 17.3 Å². The summed E-state index contributed by atoms with van der Waals surface area (Å²) in [6, 6.07) is 18.0. The fraction of sp³-hybridized carbons (Fsp3) is 0.120. The van der Waals surface area contributed by atoms with Gasteiger partial charge in [0.1, 0.15) is 11.5 Å². The van der Waals surface area contributed by atoms with E-state index in [1.54, 1.807) is 48.7 Å². The third-order valence-corrected chi connectivity index (χ3v) is 5.11. The standard InChI is InChI=1S/C25H20F3N3O2/c1-15(22-14-19(29)11-12-30-22)31-24(32)17-5-10-21-16(13-17)3-2-4-23(21)33-20-8-6-18(7-9-20)25(26,27)28/h2-15H,1H3,(H2,29,30)(H,31,32)/t15-/m1/s1. The van der Waals surface area contributed by atoms with Gasteiger partial charge in [0.25, 0.3) is 5.91 Å². The molecule has 3 N–H and O–H groups in total. The highest BCUT2D eigenvalue weighted by atomic mass is 19.4. The van der Waals surface area contributed by atoms with Crippen molar-refractivity contribution in [1.82, 2.24) is 10.3 Å². The smallest absolute Gasteiger partial charge is 0.416 e. The fourth-order valence-electron chi connectivity index (χ4n) is 3.38. The van der Waals surface area contributed by atoms with Crippen molar-refractivity contribution in [3.8, 4) is 11.5 Å². The topological polar surface area (TPSA) is 77.2 Å². The van der Waals surface area contributed by atoms with Crippen molar-refractivity contribution in [3.05, 3.63) is 95.8 Å². The first kappa shape index (κ1) is 22.1. The van der Waals surface area contributed by atoms with Crippen LogP contribution in [-0.2, 0) is 6.18 Å². The molecule has 0 unspecified atom stereocenters. The maximum Gasteiger partial charge on any atom is 0.416 e. The molecule has 0 saturated heterocycles. The minimum absolute atomic E-state index is 0.275. The molecule has 0 spiro atoms. The summed E-state index contributed by atoms with van der Waals surface area (Å²) >= 11 is 0. The first-order valence-corrected chi connectivity index (χ1v) is 10.1. The average molecular weight is 451 g/mol. The van der Waals surface area contributed by atoms with Crippen LogP contribution in [0.3, 0.4) is 0 Å². The Bertz CT molecular complexity index is 1300. The molecule has 1 heterocycles. The number of hydrogen-bond acceptors (Lipinski definition) is 4. The summed E-state index contributed by atoms with van der Waals surface area (Å²) in [6.07, 6.45) is -2.82. The number of nitrogen functional groups attached to an aromatic ring is 1. The predicted octanol–water partition coefficient (Wildman–Crippen LogP) is 6.12. The lowest BCUT2D eigenvalue weighted by atomic mass is 10.1. The Hall–Kier alpha value is -4.07. The van der Waals surface area contributed by atoms with Gasteiger partial charge in [-0.2, -0.15) is 13.2 Å². The molecule has 5 nitrogen and oxygen atoms in total. The quantitative estimate of drug-likeness (QED) is 0.383. The van der Waals surface area contributed by atoms with Crippen LogP contribution < -0.4 is 15.8 Å². The number of nitrogens with two attached hydrogens (primary N) is 1. The first-order valence-electron chi connectivity index (χ1n) is 10.1. The van der Waals surface area contributed by atoms with Gasteiger partial charge in [-0.05, 0) is 73.0 Å². The number of fused-ring (bicyclic) bond motifs is 1. The van der Waals surface area contributed by atoms with Crippen LogP contribution in [0.5, 0.6) is 11.5 Å². The second-order valence-corrected chi connectivity index (χ2v) is 7.53. The number of nitrogens with zero attached hydrogens (tertiary/aromatic N) is 1. The Morgan fingerprint density at radius 1 is 1.03 bits per heavy atom. The van der Waals surface area contributed by atoms with Crippen LogP contribution in [0.25, 0.3) is 10.8 Å². The molecule has 0 bridgehead atoms. The summed E-state index contributed by atoms with van der Waals surface area (Å²) in [7, 11) is 0. The van der Waals surface area contributed by atoms with Crippen LogP contribution in [0.4, 0.5) is 18.9 Å².